The van der Waals surface area contributed by atoms with Crippen molar-refractivity contribution in [1.29, 1.82) is 0 Å². The number of carbonyl (C=O) groups excluding carboxylic acids is 2. The van der Waals surface area contributed by atoms with Crippen LogP contribution in [0.4, 0.5) is 0 Å². The lowest BCUT2D eigenvalue weighted by atomic mass is 9.78. The first-order valence-corrected chi connectivity index (χ1v) is 11.3. The second-order valence-corrected chi connectivity index (χ2v) is 8.41. The summed E-state index contributed by atoms with van der Waals surface area (Å²) in [7, 11) is 0. The molecule has 2 atom stereocenters. The standard InChI is InChI=1S/C28H34O6/c1-8-24(29)33-25(9-2)31-22-15-11-20(12-16-22)28(6,7)21-13-17-23(18-14-21)32-26(10-3)34-27(30)19(4)5/h8,11-18,25-26H,1,4,9-10H2,2-3,5-7H3. The van der Waals surface area contributed by atoms with Gasteiger partial charge in [0.1, 0.15) is 11.5 Å². The van der Waals surface area contributed by atoms with Crippen molar-refractivity contribution in [3.63, 3.8) is 0 Å². The van der Waals surface area contributed by atoms with Gasteiger partial charge < -0.3 is 18.9 Å². The second-order valence-electron chi connectivity index (χ2n) is 8.41. The van der Waals surface area contributed by atoms with Gasteiger partial charge in [0.25, 0.3) is 0 Å². The van der Waals surface area contributed by atoms with E-state index in [1.54, 1.807) is 6.92 Å². The molecular formula is C28H34O6. The van der Waals surface area contributed by atoms with Crippen LogP contribution in [0.25, 0.3) is 0 Å². The quantitative estimate of drug-likeness (QED) is 0.214. The molecule has 0 aromatic heterocycles. The van der Waals surface area contributed by atoms with Crippen LogP contribution in [0.3, 0.4) is 0 Å². The highest BCUT2D eigenvalue weighted by Gasteiger charge is 2.24. The molecule has 2 aromatic rings. The molecule has 0 saturated carbocycles. The van der Waals surface area contributed by atoms with Gasteiger partial charge in [-0.15, -0.1) is 0 Å². The van der Waals surface area contributed by atoms with Crippen LogP contribution < -0.4 is 9.47 Å². The zero-order chi connectivity index (χ0) is 25.3. The number of ether oxygens (including phenoxy) is 4. The van der Waals surface area contributed by atoms with Crippen LogP contribution in [0.5, 0.6) is 11.5 Å². The average molecular weight is 467 g/mol. The van der Waals surface area contributed by atoms with Gasteiger partial charge in [-0.2, -0.15) is 0 Å². The Balaban J connectivity index is 2.09. The zero-order valence-electron chi connectivity index (χ0n) is 20.6. The second kappa shape index (κ2) is 12.1. The van der Waals surface area contributed by atoms with E-state index in [2.05, 4.69) is 27.0 Å². The zero-order valence-corrected chi connectivity index (χ0v) is 20.6. The highest BCUT2D eigenvalue weighted by atomic mass is 16.7. The van der Waals surface area contributed by atoms with Crippen LogP contribution in [-0.4, -0.2) is 24.5 Å². The Hall–Kier alpha value is -3.54. The molecule has 0 spiro atoms. The lowest BCUT2D eigenvalue weighted by Gasteiger charge is -2.27. The van der Waals surface area contributed by atoms with Crippen molar-refractivity contribution < 1.29 is 28.5 Å². The fraction of sp³-hybridized carbons (Fsp3) is 0.357. The van der Waals surface area contributed by atoms with E-state index >= 15 is 0 Å². The van der Waals surface area contributed by atoms with Crippen molar-refractivity contribution >= 4 is 11.9 Å². The van der Waals surface area contributed by atoms with Crippen LogP contribution in [-0.2, 0) is 24.5 Å². The first-order valence-electron chi connectivity index (χ1n) is 11.3. The SMILES string of the molecule is C=CC(=O)OC(CC)Oc1ccc(C(C)(C)c2ccc(OC(CC)OC(=O)C(=C)C)cc2)cc1. The molecule has 0 bridgehead atoms. The van der Waals surface area contributed by atoms with E-state index in [0.717, 1.165) is 17.2 Å². The molecule has 2 rings (SSSR count). The van der Waals surface area contributed by atoms with Crippen LogP contribution in [0.1, 0.15) is 58.6 Å². The van der Waals surface area contributed by atoms with Gasteiger partial charge >= 0.3 is 11.9 Å². The fourth-order valence-electron chi connectivity index (χ4n) is 3.15. The predicted molar refractivity (Wildman–Crippen MR) is 132 cm³/mol. The van der Waals surface area contributed by atoms with Gasteiger partial charge in [-0.3, -0.25) is 0 Å². The van der Waals surface area contributed by atoms with E-state index < -0.39 is 24.5 Å². The van der Waals surface area contributed by atoms with Crippen LogP contribution >= 0.6 is 0 Å². The molecule has 0 aliphatic carbocycles. The summed E-state index contributed by atoms with van der Waals surface area (Å²) in [5.41, 5.74) is 2.23. The Kier molecular flexibility index (Phi) is 9.48. The number of rotatable bonds is 12. The molecule has 6 heteroatoms. The molecule has 0 aliphatic rings. The Morgan fingerprint density at radius 2 is 1.26 bits per heavy atom. The lowest BCUT2D eigenvalue weighted by Crippen LogP contribution is -2.24. The van der Waals surface area contributed by atoms with Crippen LogP contribution in [0.15, 0.2) is 73.3 Å². The number of esters is 2. The predicted octanol–water partition coefficient (Wildman–Crippen LogP) is 6.09. The molecule has 0 aliphatic heterocycles. The van der Waals surface area contributed by atoms with Crippen molar-refractivity contribution in [2.45, 2.75) is 65.5 Å². The molecule has 0 N–H and O–H groups in total. The summed E-state index contributed by atoms with van der Waals surface area (Å²) in [5, 5.41) is 0. The van der Waals surface area contributed by atoms with E-state index in [-0.39, 0.29) is 5.41 Å². The van der Waals surface area contributed by atoms with Crippen molar-refractivity contribution in [2.75, 3.05) is 0 Å². The normalized spacial score (nSPS) is 12.7. The molecule has 0 amide bonds. The Bertz CT molecular complexity index is 989. The number of carbonyl (C=O) groups is 2. The molecule has 0 radical (unpaired) electrons. The summed E-state index contributed by atoms with van der Waals surface area (Å²) < 4.78 is 22.1. The molecule has 0 fully saturated rings. The summed E-state index contributed by atoms with van der Waals surface area (Å²) in [6.07, 6.45) is 0.816. The maximum absolute atomic E-state index is 11.8. The minimum atomic E-state index is -0.673. The minimum absolute atomic E-state index is 0.285. The van der Waals surface area contributed by atoms with Crippen LogP contribution in [0, 0.1) is 0 Å². The third kappa shape index (κ3) is 7.24. The van der Waals surface area contributed by atoms with Crippen molar-refractivity contribution in [1.82, 2.24) is 0 Å². The van der Waals surface area contributed by atoms with E-state index in [0.29, 0.717) is 29.9 Å². The fourth-order valence-corrected chi connectivity index (χ4v) is 3.15. The first-order chi connectivity index (χ1) is 16.1. The van der Waals surface area contributed by atoms with Gasteiger partial charge in [-0.05, 0) is 42.3 Å². The smallest absolute Gasteiger partial charge is 0.336 e. The third-order valence-electron chi connectivity index (χ3n) is 5.35. The van der Waals surface area contributed by atoms with Crippen molar-refractivity contribution in [3.8, 4) is 11.5 Å². The van der Waals surface area contributed by atoms with Gasteiger partial charge in [0.15, 0.2) is 0 Å². The number of hydrogen-bond acceptors (Lipinski definition) is 6. The maximum atomic E-state index is 11.8. The molecule has 0 saturated heterocycles. The summed E-state index contributed by atoms with van der Waals surface area (Å²) in [4.78, 5) is 23.2. The molecule has 2 unspecified atom stereocenters. The van der Waals surface area contributed by atoms with Gasteiger partial charge in [-0.1, -0.05) is 65.1 Å². The molecule has 182 valence electrons. The summed E-state index contributed by atoms with van der Waals surface area (Å²) in [6.45, 7) is 16.6. The largest absolute Gasteiger partial charge is 0.455 e. The summed E-state index contributed by atoms with van der Waals surface area (Å²) in [6, 6.07) is 15.4. The van der Waals surface area contributed by atoms with E-state index in [9.17, 15) is 9.59 Å². The van der Waals surface area contributed by atoms with E-state index in [1.165, 1.54) is 0 Å². The number of benzene rings is 2. The minimum Gasteiger partial charge on any atom is -0.455 e. The summed E-state index contributed by atoms with van der Waals surface area (Å²) in [5.74, 6) is 0.240. The Morgan fingerprint density at radius 1 is 0.853 bits per heavy atom. The Labute approximate surface area is 202 Å². The summed E-state index contributed by atoms with van der Waals surface area (Å²) >= 11 is 0. The van der Waals surface area contributed by atoms with Crippen LogP contribution in [0.2, 0.25) is 0 Å². The highest BCUT2D eigenvalue weighted by Crippen LogP contribution is 2.33. The molecule has 2 aromatic carbocycles. The lowest BCUT2D eigenvalue weighted by molar-refractivity contribution is -0.159. The highest BCUT2D eigenvalue weighted by molar-refractivity contribution is 5.87. The maximum Gasteiger partial charge on any atom is 0.336 e. The van der Waals surface area contributed by atoms with Gasteiger partial charge in [-0.25, -0.2) is 9.59 Å². The molecular weight excluding hydrogens is 432 g/mol. The van der Waals surface area contributed by atoms with Crippen molar-refractivity contribution in [2.24, 2.45) is 0 Å². The molecule has 0 heterocycles. The number of hydrogen-bond donors (Lipinski definition) is 0. The first kappa shape index (κ1) is 26.7. The van der Waals surface area contributed by atoms with Gasteiger partial charge in [0.2, 0.25) is 12.6 Å². The van der Waals surface area contributed by atoms with E-state index in [1.807, 2.05) is 62.4 Å². The topological polar surface area (TPSA) is 71.1 Å². The van der Waals surface area contributed by atoms with Gasteiger partial charge in [0, 0.05) is 29.9 Å². The third-order valence-corrected chi connectivity index (χ3v) is 5.35. The average Bonchev–Trinajstić information content (AvgIpc) is 2.83. The Morgan fingerprint density at radius 3 is 1.62 bits per heavy atom. The monoisotopic (exact) mass is 466 g/mol. The van der Waals surface area contributed by atoms with E-state index in [4.69, 9.17) is 18.9 Å². The van der Waals surface area contributed by atoms with Crippen molar-refractivity contribution in [3.05, 3.63) is 84.5 Å². The molecule has 6 nitrogen and oxygen atoms in total. The van der Waals surface area contributed by atoms with Gasteiger partial charge in [0.05, 0.1) is 0 Å². The molecule has 34 heavy (non-hydrogen) atoms.